The second kappa shape index (κ2) is 8.63. The topological polar surface area (TPSA) is 79.0 Å². The summed E-state index contributed by atoms with van der Waals surface area (Å²) < 4.78 is 5.21. The first kappa shape index (κ1) is 21.6. The highest BCUT2D eigenvalue weighted by molar-refractivity contribution is 5.97. The Bertz CT molecular complexity index is 1070. The summed E-state index contributed by atoms with van der Waals surface area (Å²) in [6.45, 7) is 5.05. The number of carbonyl (C=O) groups is 3. The van der Waals surface area contributed by atoms with E-state index in [2.05, 4.69) is 5.32 Å². The fraction of sp³-hybridized carbons (Fsp3) is 0.423. The molecule has 1 N–H and O–H groups in total. The van der Waals surface area contributed by atoms with Gasteiger partial charge in [0, 0.05) is 43.3 Å². The monoisotopic (exact) mass is 447 g/mol. The third kappa shape index (κ3) is 4.50. The van der Waals surface area contributed by atoms with E-state index in [9.17, 15) is 14.4 Å². The molecule has 5 rings (SSSR count). The Labute approximate surface area is 193 Å². The smallest absolute Gasteiger partial charge is 0.253 e. The molecule has 0 bridgehead atoms. The van der Waals surface area contributed by atoms with Crippen LogP contribution in [0.1, 0.15) is 40.5 Å². The molecule has 7 heteroatoms. The molecule has 2 aromatic rings. The van der Waals surface area contributed by atoms with Crippen molar-refractivity contribution >= 4 is 17.7 Å². The van der Waals surface area contributed by atoms with Gasteiger partial charge < -0.3 is 19.9 Å². The molecule has 3 aliphatic rings. The Kier molecular flexibility index (Phi) is 5.66. The minimum atomic E-state index is -0.405. The number of ether oxygens (including phenoxy) is 1. The number of hydrogen-bond acceptors (Lipinski definition) is 4. The zero-order chi connectivity index (χ0) is 23.0. The van der Waals surface area contributed by atoms with Crippen LogP contribution in [-0.4, -0.2) is 73.0 Å². The third-order valence-corrected chi connectivity index (χ3v) is 6.71. The van der Waals surface area contributed by atoms with E-state index >= 15 is 0 Å². The molecule has 3 fully saturated rings. The van der Waals surface area contributed by atoms with Crippen molar-refractivity contribution in [3.63, 3.8) is 0 Å². The predicted octanol–water partition coefficient (Wildman–Crippen LogP) is 2.57. The summed E-state index contributed by atoms with van der Waals surface area (Å²) >= 11 is 0. The Morgan fingerprint density at radius 1 is 0.879 bits per heavy atom. The molecule has 2 aliphatic heterocycles. The van der Waals surface area contributed by atoms with Gasteiger partial charge >= 0.3 is 0 Å². The Hall–Kier alpha value is -3.19. The number of carbonyl (C=O) groups excluding carboxylic acids is 3. The fourth-order valence-corrected chi connectivity index (χ4v) is 4.35. The van der Waals surface area contributed by atoms with Crippen molar-refractivity contribution in [3.8, 4) is 11.1 Å². The molecule has 0 spiro atoms. The molecule has 1 saturated carbocycles. The first-order chi connectivity index (χ1) is 15.9. The number of piperazine rings is 1. The van der Waals surface area contributed by atoms with Gasteiger partial charge in [0.05, 0.1) is 18.6 Å². The quantitative estimate of drug-likeness (QED) is 0.764. The van der Waals surface area contributed by atoms with Gasteiger partial charge in [-0.15, -0.1) is 0 Å². The zero-order valence-electron chi connectivity index (χ0n) is 18.9. The number of nitrogens with zero attached hydrogens (tertiary/aromatic N) is 2. The molecular weight excluding hydrogens is 418 g/mol. The van der Waals surface area contributed by atoms with E-state index in [1.807, 2.05) is 60.4 Å². The van der Waals surface area contributed by atoms with Crippen molar-refractivity contribution in [2.75, 3.05) is 39.4 Å². The van der Waals surface area contributed by atoms with Gasteiger partial charge in [0.25, 0.3) is 11.8 Å². The highest BCUT2D eigenvalue weighted by atomic mass is 16.5. The number of amides is 3. The van der Waals surface area contributed by atoms with Gasteiger partial charge in [-0.3, -0.25) is 14.4 Å². The molecule has 0 radical (unpaired) electrons. The fourth-order valence-electron chi connectivity index (χ4n) is 4.35. The second-order valence-corrected chi connectivity index (χ2v) is 9.54. The summed E-state index contributed by atoms with van der Waals surface area (Å²) in [6.07, 6.45) is 2.11. The average Bonchev–Trinajstić information content (AvgIpc) is 3.66. The van der Waals surface area contributed by atoms with Gasteiger partial charge in [0.1, 0.15) is 0 Å². The molecule has 0 atom stereocenters. The molecule has 172 valence electrons. The molecular formula is C26H29N3O4. The normalized spacial score (nSPS) is 19.5. The molecule has 0 unspecified atom stereocenters. The molecule has 2 saturated heterocycles. The summed E-state index contributed by atoms with van der Waals surface area (Å²) in [5.74, 6) is 0.0604. The molecule has 7 nitrogen and oxygen atoms in total. The van der Waals surface area contributed by atoms with Gasteiger partial charge in [-0.1, -0.05) is 24.3 Å². The van der Waals surface area contributed by atoms with Crippen LogP contribution in [0.3, 0.4) is 0 Å². The molecule has 1 aliphatic carbocycles. The van der Waals surface area contributed by atoms with Gasteiger partial charge in [0.15, 0.2) is 0 Å². The van der Waals surface area contributed by atoms with Crippen LogP contribution in [-0.2, 0) is 9.53 Å². The Morgan fingerprint density at radius 3 is 2.15 bits per heavy atom. The van der Waals surface area contributed by atoms with Crippen LogP contribution in [0.2, 0.25) is 0 Å². The van der Waals surface area contributed by atoms with E-state index in [0.717, 1.165) is 24.0 Å². The summed E-state index contributed by atoms with van der Waals surface area (Å²) in [5.41, 5.74) is 2.77. The van der Waals surface area contributed by atoms with Crippen molar-refractivity contribution in [3.05, 3.63) is 59.7 Å². The van der Waals surface area contributed by atoms with Gasteiger partial charge in [-0.05, 0) is 55.2 Å². The van der Waals surface area contributed by atoms with E-state index in [1.54, 1.807) is 4.90 Å². The molecule has 3 amide bonds. The Morgan fingerprint density at radius 2 is 1.55 bits per heavy atom. The van der Waals surface area contributed by atoms with E-state index in [4.69, 9.17) is 4.74 Å². The van der Waals surface area contributed by atoms with Crippen molar-refractivity contribution in [1.29, 1.82) is 0 Å². The van der Waals surface area contributed by atoms with Gasteiger partial charge in [0.2, 0.25) is 5.91 Å². The van der Waals surface area contributed by atoms with E-state index in [1.165, 1.54) is 0 Å². The lowest BCUT2D eigenvalue weighted by Gasteiger charge is -2.43. The third-order valence-electron chi connectivity index (χ3n) is 6.71. The average molecular weight is 448 g/mol. The molecule has 0 aromatic heterocycles. The standard InChI is InChI=1S/C26H29N3O4/c1-26(16-33-17-26)25(32)29-13-11-28(12-14-29)24(31)19-7-5-18(6-8-19)20-3-2-4-21(15-20)23(30)27-22-9-10-22/h2-8,15,22H,9-14,16-17H2,1H3,(H,27,30). The molecule has 33 heavy (non-hydrogen) atoms. The maximum Gasteiger partial charge on any atom is 0.253 e. The molecule has 2 heterocycles. The summed E-state index contributed by atoms with van der Waals surface area (Å²) in [5, 5.41) is 3.01. The highest BCUT2D eigenvalue weighted by Gasteiger charge is 2.44. The number of benzene rings is 2. The minimum absolute atomic E-state index is 0.0237. The van der Waals surface area contributed by atoms with Gasteiger partial charge in [-0.2, -0.15) is 0 Å². The van der Waals surface area contributed by atoms with Crippen LogP contribution < -0.4 is 5.32 Å². The number of nitrogens with one attached hydrogen (secondary N) is 1. The van der Waals surface area contributed by atoms with Crippen molar-refractivity contribution < 1.29 is 19.1 Å². The summed E-state index contributed by atoms with van der Waals surface area (Å²) in [7, 11) is 0. The predicted molar refractivity (Wildman–Crippen MR) is 124 cm³/mol. The lowest BCUT2D eigenvalue weighted by atomic mass is 9.86. The number of hydrogen-bond donors (Lipinski definition) is 1. The Balaban J connectivity index is 1.20. The van der Waals surface area contributed by atoms with Crippen molar-refractivity contribution in [1.82, 2.24) is 15.1 Å². The van der Waals surface area contributed by atoms with Crippen molar-refractivity contribution in [2.24, 2.45) is 5.41 Å². The minimum Gasteiger partial charge on any atom is -0.379 e. The van der Waals surface area contributed by atoms with Gasteiger partial charge in [-0.25, -0.2) is 0 Å². The maximum atomic E-state index is 13.0. The second-order valence-electron chi connectivity index (χ2n) is 9.54. The highest BCUT2D eigenvalue weighted by Crippen LogP contribution is 2.29. The lowest BCUT2D eigenvalue weighted by molar-refractivity contribution is -0.170. The zero-order valence-corrected chi connectivity index (χ0v) is 18.9. The van der Waals surface area contributed by atoms with E-state index in [-0.39, 0.29) is 17.7 Å². The van der Waals surface area contributed by atoms with Crippen LogP contribution >= 0.6 is 0 Å². The SMILES string of the molecule is CC1(C(=O)N2CCN(C(=O)c3ccc(-c4cccc(C(=O)NC5CC5)c4)cc3)CC2)COC1. The first-order valence-electron chi connectivity index (χ1n) is 11.6. The number of rotatable bonds is 5. The van der Waals surface area contributed by atoms with E-state index < -0.39 is 5.41 Å². The van der Waals surface area contributed by atoms with Crippen LogP contribution in [0.15, 0.2) is 48.5 Å². The van der Waals surface area contributed by atoms with Crippen molar-refractivity contribution in [2.45, 2.75) is 25.8 Å². The molecule has 2 aromatic carbocycles. The maximum absolute atomic E-state index is 13.0. The van der Waals surface area contributed by atoms with Crippen LogP contribution in [0.4, 0.5) is 0 Å². The van der Waals surface area contributed by atoms with Crippen LogP contribution in [0.25, 0.3) is 11.1 Å². The lowest BCUT2D eigenvalue weighted by Crippen LogP contribution is -2.58. The van der Waals surface area contributed by atoms with Crippen LogP contribution in [0, 0.1) is 5.41 Å². The van der Waals surface area contributed by atoms with Crippen LogP contribution in [0.5, 0.6) is 0 Å². The largest absolute Gasteiger partial charge is 0.379 e. The summed E-state index contributed by atoms with van der Waals surface area (Å²) in [4.78, 5) is 41.7. The summed E-state index contributed by atoms with van der Waals surface area (Å²) in [6, 6.07) is 15.4. The first-order valence-corrected chi connectivity index (χ1v) is 11.6. The van der Waals surface area contributed by atoms with E-state index in [0.29, 0.717) is 56.6 Å².